The number of halogens is 3. The lowest BCUT2D eigenvalue weighted by Crippen LogP contribution is -2.26. The van der Waals surface area contributed by atoms with E-state index in [9.17, 15) is 22.8 Å². The van der Waals surface area contributed by atoms with Crippen LogP contribution in [0.3, 0.4) is 0 Å². The van der Waals surface area contributed by atoms with Crippen molar-refractivity contribution in [2.75, 3.05) is 0 Å². The average molecular weight is 289 g/mol. The van der Waals surface area contributed by atoms with Gasteiger partial charge < -0.3 is 5.11 Å². The fraction of sp³-hybridized carbons (Fsp3) is 0.364. The van der Waals surface area contributed by atoms with Gasteiger partial charge in [0, 0.05) is 0 Å². The minimum absolute atomic E-state index is 0.281. The molecule has 108 valence electrons. The minimum atomic E-state index is -4.79. The van der Waals surface area contributed by atoms with Crippen LogP contribution in [0, 0.1) is 0 Å². The number of carbonyl (C=O) groups is 1. The molecule has 0 radical (unpaired) electrons. The van der Waals surface area contributed by atoms with E-state index in [-0.39, 0.29) is 4.40 Å². The van der Waals surface area contributed by atoms with E-state index in [1.54, 1.807) is 13.8 Å². The molecule has 2 aromatic heterocycles. The maximum absolute atomic E-state index is 12.9. The molecule has 0 saturated heterocycles. The molecule has 0 spiro atoms. The molecule has 0 saturated carbocycles. The highest BCUT2D eigenvalue weighted by atomic mass is 19.4. The molecule has 0 aliphatic rings. The highest BCUT2D eigenvalue weighted by Gasteiger charge is 2.36. The lowest BCUT2D eigenvalue weighted by atomic mass is 10.2. The maximum Gasteiger partial charge on any atom is 0.431 e. The first kappa shape index (κ1) is 14.1. The van der Waals surface area contributed by atoms with Gasteiger partial charge in [0.2, 0.25) is 0 Å². The van der Waals surface area contributed by atoms with Gasteiger partial charge >= 0.3 is 17.8 Å². The van der Waals surface area contributed by atoms with E-state index in [1.807, 2.05) is 0 Å². The van der Waals surface area contributed by atoms with E-state index in [0.717, 1.165) is 10.7 Å². The molecule has 0 amide bonds. The molecule has 6 nitrogen and oxygen atoms in total. The third-order valence-electron chi connectivity index (χ3n) is 2.70. The summed E-state index contributed by atoms with van der Waals surface area (Å²) in [7, 11) is 0. The maximum atomic E-state index is 12.9. The zero-order chi connectivity index (χ0) is 15.2. The van der Waals surface area contributed by atoms with Crippen LogP contribution in [0.25, 0.3) is 5.65 Å². The lowest BCUT2D eigenvalue weighted by molar-refractivity contribution is -0.142. The number of alkyl halides is 3. The minimum Gasteiger partial charge on any atom is -0.478 e. The molecule has 2 aromatic rings. The monoisotopic (exact) mass is 289 g/mol. The van der Waals surface area contributed by atoms with Gasteiger partial charge in [0.15, 0.2) is 5.65 Å². The van der Waals surface area contributed by atoms with Crippen molar-refractivity contribution in [1.29, 1.82) is 0 Å². The number of aromatic nitrogens is 3. The van der Waals surface area contributed by atoms with Crippen molar-refractivity contribution in [1.82, 2.24) is 14.2 Å². The van der Waals surface area contributed by atoms with Gasteiger partial charge in [-0.2, -0.15) is 13.2 Å². The summed E-state index contributed by atoms with van der Waals surface area (Å²) >= 11 is 0. The van der Waals surface area contributed by atoms with Gasteiger partial charge in [0.05, 0.1) is 6.04 Å². The van der Waals surface area contributed by atoms with Crippen LogP contribution < -0.4 is 5.69 Å². The topological polar surface area (TPSA) is 76.6 Å². The van der Waals surface area contributed by atoms with Gasteiger partial charge in [-0.15, -0.1) is 5.10 Å². The summed E-state index contributed by atoms with van der Waals surface area (Å²) in [4.78, 5) is 23.0. The summed E-state index contributed by atoms with van der Waals surface area (Å²) in [5.41, 5.74) is -3.26. The molecular formula is C11H10F3N3O3. The molecule has 0 fully saturated rings. The Balaban J connectivity index is 2.98. The van der Waals surface area contributed by atoms with Gasteiger partial charge in [0.1, 0.15) is 11.3 Å². The zero-order valence-corrected chi connectivity index (χ0v) is 10.5. The second kappa shape index (κ2) is 4.36. The molecule has 0 atom stereocenters. The number of pyridine rings is 1. The van der Waals surface area contributed by atoms with E-state index in [0.29, 0.717) is 6.07 Å². The normalized spacial score (nSPS) is 12.3. The Morgan fingerprint density at radius 1 is 1.35 bits per heavy atom. The van der Waals surface area contributed by atoms with Gasteiger partial charge in [-0.05, 0) is 26.0 Å². The Kier molecular flexibility index (Phi) is 3.07. The molecular weight excluding hydrogens is 279 g/mol. The van der Waals surface area contributed by atoms with E-state index in [4.69, 9.17) is 5.11 Å². The molecule has 0 aromatic carbocycles. The molecule has 0 unspecified atom stereocenters. The van der Waals surface area contributed by atoms with Crippen LogP contribution in [0.2, 0.25) is 0 Å². The first-order valence-corrected chi connectivity index (χ1v) is 5.59. The Morgan fingerprint density at radius 2 is 1.95 bits per heavy atom. The van der Waals surface area contributed by atoms with Crippen molar-refractivity contribution in [2.45, 2.75) is 26.1 Å². The largest absolute Gasteiger partial charge is 0.478 e. The highest BCUT2D eigenvalue weighted by Crippen LogP contribution is 2.29. The first-order valence-electron chi connectivity index (χ1n) is 5.59. The fourth-order valence-corrected chi connectivity index (χ4v) is 1.81. The van der Waals surface area contributed by atoms with Crippen LogP contribution >= 0.6 is 0 Å². The number of rotatable bonds is 2. The summed E-state index contributed by atoms with van der Waals surface area (Å²) in [6.07, 6.45) is -4.79. The van der Waals surface area contributed by atoms with E-state index in [1.165, 1.54) is 0 Å². The molecule has 0 aliphatic heterocycles. The second-order valence-corrected chi connectivity index (χ2v) is 4.42. The van der Waals surface area contributed by atoms with E-state index >= 15 is 0 Å². The summed E-state index contributed by atoms with van der Waals surface area (Å²) in [6, 6.07) is 0.854. The van der Waals surface area contributed by atoms with Crippen molar-refractivity contribution < 1.29 is 23.1 Å². The molecule has 0 bridgehead atoms. The number of carboxylic acid groups (broad SMARTS) is 1. The number of aromatic carboxylic acids is 1. The Hall–Kier alpha value is -2.32. The van der Waals surface area contributed by atoms with Crippen molar-refractivity contribution in [2.24, 2.45) is 0 Å². The van der Waals surface area contributed by atoms with Gasteiger partial charge in [0.25, 0.3) is 0 Å². The molecule has 20 heavy (non-hydrogen) atoms. The molecule has 2 heterocycles. The number of fused-ring (bicyclic) bond motifs is 1. The van der Waals surface area contributed by atoms with Crippen LogP contribution in [-0.4, -0.2) is 25.3 Å². The standard InChI is InChI=1S/C11H10F3N3O3/c1-5(2)17-10(20)16-7(11(12,13)14)4-3-6(9(18)19)8(16)15-17/h3-5H,1-2H3,(H,18,19). The molecule has 1 N–H and O–H groups in total. The summed E-state index contributed by atoms with van der Waals surface area (Å²) in [5.74, 6) is -1.45. The molecule has 2 rings (SSSR count). The summed E-state index contributed by atoms with van der Waals surface area (Å²) in [6.45, 7) is 3.11. The van der Waals surface area contributed by atoms with Gasteiger partial charge in [-0.25, -0.2) is 18.7 Å². The third kappa shape index (κ3) is 2.04. The number of carboxylic acids is 1. The quantitative estimate of drug-likeness (QED) is 0.914. The predicted octanol–water partition coefficient (Wildman–Crippen LogP) is 1.79. The Labute approximate surface area is 110 Å². The van der Waals surface area contributed by atoms with Crippen molar-refractivity contribution >= 4 is 11.6 Å². The van der Waals surface area contributed by atoms with Crippen LogP contribution in [0.4, 0.5) is 13.2 Å². The van der Waals surface area contributed by atoms with Crippen LogP contribution in [0.15, 0.2) is 16.9 Å². The van der Waals surface area contributed by atoms with E-state index < -0.39 is 40.8 Å². The predicted molar refractivity (Wildman–Crippen MR) is 61.8 cm³/mol. The Morgan fingerprint density at radius 3 is 2.40 bits per heavy atom. The van der Waals surface area contributed by atoms with Crippen molar-refractivity contribution in [3.63, 3.8) is 0 Å². The van der Waals surface area contributed by atoms with Crippen LogP contribution in [0.5, 0.6) is 0 Å². The van der Waals surface area contributed by atoms with Crippen LogP contribution in [-0.2, 0) is 6.18 Å². The third-order valence-corrected chi connectivity index (χ3v) is 2.70. The number of nitrogens with zero attached hydrogens (tertiary/aromatic N) is 3. The van der Waals surface area contributed by atoms with Crippen molar-refractivity contribution in [3.8, 4) is 0 Å². The van der Waals surface area contributed by atoms with E-state index in [2.05, 4.69) is 5.10 Å². The Bertz CT molecular complexity index is 743. The average Bonchev–Trinajstić information content (AvgIpc) is 2.65. The van der Waals surface area contributed by atoms with Gasteiger partial charge in [-0.1, -0.05) is 0 Å². The van der Waals surface area contributed by atoms with Gasteiger partial charge in [-0.3, -0.25) is 0 Å². The summed E-state index contributed by atoms with van der Waals surface area (Å²) < 4.78 is 39.8. The molecule has 0 aliphatic carbocycles. The smallest absolute Gasteiger partial charge is 0.431 e. The number of hydrogen-bond donors (Lipinski definition) is 1. The lowest BCUT2D eigenvalue weighted by Gasteiger charge is -2.08. The fourth-order valence-electron chi connectivity index (χ4n) is 1.81. The zero-order valence-electron chi connectivity index (χ0n) is 10.5. The SMILES string of the molecule is CC(C)n1nc2c(C(=O)O)ccc(C(F)(F)F)n2c1=O. The highest BCUT2D eigenvalue weighted by molar-refractivity contribution is 5.94. The summed E-state index contributed by atoms with van der Waals surface area (Å²) in [5, 5.41) is 12.7. The first-order chi connectivity index (χ1) is 9.14. The second-order valence-electron chi connectivity index (χ2n) is 4.42. The van der Waals surface area contributed by atoms with Crippen molar-refractivity contribution in [3.05, 3.63) is 33.9 Å². The number of hydrogen-bond acceptors (Lipinski definition) is 3. The molecule has 9 heteroatoms. The van der Waals surface area contributed by atoms with Crippen LogP contribution in [0.1, 0.15) is 35.9 Å².